The molecule has 5 heteroatoms. The van der Waals surface area contributed by atoms with Crippen molar-refractivity contribution in [2.45, 2.75) is 12.5 Å². The van der Waals surface area contributed by atoms with Gasteiger partial charge in [-0.05, 0) is 33.1 Å². The lowest BCUT2D eigenvalue weighted by Gasteiger charge is -2.24. The van der Waals surface area contributed by atoms with Gasteiger partial charge in [-0.3, -0.25) is 4.98 Å². The van der Waals surface area contributed by atoms with Crippen molar-refractivity contribution in [1.82, 2.24) is 10.3 Å². The molecule has 3 rings (SSSR count). The van der Waals surface area contributed by atoms with Crippen LogP contribution in [0, 0.1) is 5.82 Å². The monoisotopic (exact) mass is 350 g/mol. The maximum absolute atomic E-state index is 13.8. The van der Waals surface area contributed by atoms with Crippen LogP contribution >= 0.6 is 15.9 Å². The molecule has 0 amide bonds. The minimum absolute atomic E-state index is 0.107. The summed E-state index contributed by atoms with van der Waals surface area (Å²) in [7, 11) is 0. The zero-order chi connectivity index (χ0) is 14.7. The molecule has 2 heterocycles. The Bertz CT molecular complexity index is 612. The molecule has 1 aromatic heterocycles. The molecule has 1 fully saturated rings. The second-order valence-corrected chi connectivity index (χ2v) is 5.98. The van der Waals surface area contributed by atoms with E-state index < -0.39 is 0 Å². The van der Waals surface area contributed by atoms with Crippen molar-refractivity contribution < 1.29 is 9.13 Å². The zero-order valence-corrected chi connectivity index (χ0v) is 13.1. The van der Waals surface area contributed by atoms with Crippen LogP contribution in [0.5, 0.6) is 0 Å². The third kappa shape index (κ3) is 3.67. The van der Waals surface area contributed by atoms with E-state index in [0.29, 0.717) is 16.6 Å². The Morgan fingerprint density at radius 3 is 2.81 bits per heavy atom. The van der Waals surface area contributed by atoms with Gasteiger partial charge in [-0.1, -0.05) is 24.3 Å². The maximum atomic E-state index is 13.8. The first-order valence-electron chi connectivity index (χ1n) is 6.93. The Morgan fingerprint density at radius 2 is 2.14 bits per heavy atom. The van der Waals surface area contributed by atoms with Crippen molar-refractivity contribution in [3.63, 3.8) is 0 Å². The number of pyridine rings is 1. The third-order valence-electron chi connectivity index (χ3n) is 3.53. The molecule has 0 radical (unpaired) electrons. The highest BCUT2D eigenvalue weighted by Crippen LogP contribution is 2.21. The summed E-state index contributed by atoms with van der Waals surface area (Å²) in [5.41, 5.74) is 2.65. The number of rotatable bonds is 3. The number of aromatic nitrogens is 1. The molecule has 0 bridgehead atoms. The fourth-order valence-corrected chi connectivity index (χ4v) is 2.70. The van der Waals surface area contributed by atoms with Crippen LogP contribution in [0.3, 0.4) is 0 Å². The molecule has 21 heavy (non-hydrogen) atoms. The van der Waals surface area contributed by atoms with Gasteiger partial charge in [0.1, 0.15) is 5.82 Å². The number of hydrogen-bond acceptors (Lipinski definition) is 3. The molecule has 0 saturated carbocycles. The van der Waals surface area contributed by atoms with E-state index in [-0.39, 0.29) is 11.9 Å². The number of nitrogens with zero attached hydrogens (tertiary/aromatic N) is 1. The lowest BCUT2D eigenvalue weighted by Crippen LogP contribution is -2.33. The second kappa shape index (κ2) is 6.64. The van der Waals surface area contributed by atoms with Crippen LogP contribution in [0.4, 0.5) is 4.39 Å². The number of morpholine rings is 1. The van der Waals surface area contributed by atoms with E-state index in [1.54, 1.807) is 6.20 Å². The lowest BCUT2D eigenvalue weighted by atomic mass is 10.0. The van der Waals surface area contributed by atoms with Crippen molar-refractivity contribution in [2.75, 3.05) is 19.7 Å². The SMILES string of the molecule is Fc1cc(Br)cnc1Cc1ccc([C@H]2CNCCO2)cc1. The summed E-state index contributed by atoms with van der Waals surface area (Å²) in [6.45, 7) is 2.48. The summed E-state index contributed by atoms with van der Waals surface area (Å²) in [4.78, 5) is 4.13. The average molecular weight is 351 g/mol. The summed E-state index contributed by atoms with van der Waals surface area (Å²) in [5, 5.41) is 3.31. The zero-order valence-electron chi connectivity index (χ0n) is 11.5. The smallest absolute Gasteiger partial charge is 0.146 e. The number of ether oxygens (including phenoxy) is 1. The fraction of sp³-hybridized carbons (Fsp3) is 0.312. The van der Waals surface area contributed by atoms with E-state index in [2.05, 4.69) is 26.2 Å². The molecule has 1 N–H and O–H groups in total. The number of nitrogens with one attached hydrogen (secondary N) is 1. The van der Waals surface area contributed by atoms with Crippen molar-refractivity contribution in [3.05, 3.63) is 63.6 Å². The van der Waals surface area contributed by atoms with E-state index in [4.69, 9.17) is 4.74 Å². The highest BCUT2D eigenvalue weighted by Gasteiger charge is 2.15. The summed E-state index contributed by atoms with van der Waals surface area (Å²) in [6.07, 6.45) is 2.22. The van der Waals surface area contributed by atoms with Gasteiger partial charge in [-0.15, -0.1) is 0 Å². The molecule has 0 unspecified atom stereocenters. The predicted molar refractivity (Wildman–Crippen MR) is 82.7 cm³/mol. The molecule has 2 aromatic rings. The van der Waals surface area contributed by atoms with Crippen molar-refractivity contribution in [1.29, 1.82) is 0 Å². The highest BCUT2D eigenvalue weighted by atomic mass is 79.9. The van der Waals surface area contributed by atoms with Crippen LogP contribution in [-0.2, 0) is 11.2 Å². The van der Waals surface area contributed by atoms with E-state index in [0.717, 1.165) is 30.8 Å². The lowest BCUT2D eigenvalue weighted by molar-refractivity contribution is 0.0277. The Morgan fingerprint density at radius 1 is 1.33 bits per heavy atom. The largest absolute Gasteiger partial charge is 0.371 e. The van der Waals surface area contributed by atoms with Gasteiger partial charge in [0, 0.05) is 30.2 Å². The Kier molecular flexibility index (Phi) is 4.63. The van der Waals surface area contributed by atoms with Crippen molar-refractivity contribution in [2.24, 2.45) is 0 Å². The average Bonchev–Trinajstić information content (AvgIpc) is 2.52. The van der Waals surface area contributed by atoms with Crippen LogP contribution < -0.4 is 5.32 Å². The van der Waals surface area contributed by atoms with Gasteiger partial charge in [0.05, 0.1) is 18.4 Å². The summed E-state index contributed by atoms with van der Waals surface area (Å²) in [5.74, 6) is -0.284. The first-order valence-corrected chi connectivity index (χ1v) is 7.73. The Balaban J connectivity index is 1.71. The maximum Gasteiger partial charge on any atom is 0.146 e. The number of hydrogen-bond donors (Lipinski definition) is 1. The van der Waals surface area contributed by atoms with Crippen molar-refractivity contribution >= 4 is 15.9 Å². The molecule has 1 aliphatic rings. The molecule has 1 atom stereocenters. The van der Waals surface area contributed by atoms with Gasteiger partial charge in [0.2, 0.25) is 0 Å². The molecular formula is C16H16BrFN2O. The minimum Gasteiger partial charge on any atom is -0.371 e. The normalized spacial score (nSPS) is 18.7. The second-order valence-electron chi connectivity index (χ2n) is 5.06. The standard InChI is InChI=1S/C16H16BrFN2O/c17-13-8-14(18)15(20-9-13)7-11-1-3-12(4-2-11)16-10-19-5-6-21-16/h1-4,8-9,16,19H,5-7,10H2/t16-/m1/s1. The predicted octanol–water partition coefficient (Wildman–Crippen LogP) is 3.23. The summed E-state index contributed by atoms with van der Waals surface area (Å²) < 4.78 is 20.2. The van der Waals surface area contributed by atoms with Gasteiger partial charge in [-0.25, -0.2) is 4.39 Å². The summed E-state index contributed by atoms with van der Waals surface area (Å²) in [6, 6.07) is 9.55. The topological polar surface area (TPSA) is 34.2 Å². The molecule has 1 aliphatic heterocycles. The molecule has 1 aromatic carbocycles. The molecule has 110 valence electrons. The quantitative estimate of drug-likeness (QED) is 0.922. The molecule has 1 saturated heterocycles. The van der Waals surface area contributed by atoms with Crippen LogP contribution in [0.2, 0.25) is 0 Å². The minimum atomic E-state index is -0.284. The fourth-order valence-electron chi connectivity index (χ4n) is 2.40. The third-order valence-corrected chi connectivity index (χ3v) is 3.97. The highest BCUT2D eigenvalue weighted by molar-refractivity contribution is 9.10. The van der Waals surface area contributed by atoms with Gasteiger partial charge in [0.25, 0.3) is 0 Å². The van der Waals surface area contributed by atoms with Crippen molar-refractivity contribution in [3.8, 4) is 0 Å². The molecule has 3 nitrogen and oxygen atoms in total. The number of halogens is 2. The van der Waals surface area contributed by atoms with Crippen LogP contribution in [0.1, 0.15) is 22.9 Å². The van der Waals surface area contributed by atoms with E-state index >= 15 is 0 Å². The van der Waals surface area contributed by atoms with Crippen LogP contribution in [-0.4, -0.2) is 24.7 Å². The van der Waals surface area contributed by atoms with E-state index in [1.807, 2.05) is 24.3 Å². The van der Waals surface area contributed by atoms with E-state index in [9.17, 15) is 4.39 Å². The summed E-state index contributed by atoms with van der Waals surface area (Å²) >= 11 is 3.21. The Labute approximate surface area is 131 Å². The van der Waals surface area contributed by atoms with Crippen LogP contribution in [0.25, 0.3) is 0 Å². The van der Waals surface area contributed by atoms with Gasteiger partial charge in [0.15, 0.2) is 0 Å². The first-order chi connectivity index (χ1) is 10.2. The van der Waals surface area contributed by atoms with Gasteiger partial charge in [-0.2, -0.15) is 0 Å². The van der Waals surface area contributed by atoms with E-state index in [1.165, 1.54) is 6.07 Å². The van der Waals surface area contributed by atoms with Crippen LogP contribution in [0.15, 0.2) is 41.0 Å². The number of benzene rings is 1. The Hall–Kier alpha value is -1.30. The molecule has 0 spiro atoms. The molecule has 0 aliphatic carbocycles. The first kappa shape index (κ1) is 14.6. The van der Waals surface area contributed by atoms with Gasteiger partial charge >= 0.3 is 0 Å². The molecular weight excluding hydrogens is 335 g/mol. The van der Waals surface area contributed by atoms with Gasteiger partial charge < -0.3 is 10.1 Å².